The summed E-state index contributed by atoms with van der Waals surface area (Å²) in [7, 11) is 0. The standard InChI is InChI=1S/C22H25NO2/c1-5-21(25)23-14-20(17(4)24)22(18-9-7-6-8-10-18)19-12-11-15(2)13-16(19)3/h5-13,20,22H,1,14H2,2-4H3,(H,23,25). The van der Waals surface area contributed by atoms with E-state index in [0.717, 1.165) is 16.7 Å². The highest BCUT2D eigenvalue weighted by atomic mass is 16.1. The molecule has 2 rings (SSSR count). The topological polar surface area (TPSA) is 46.2 Å². The van der Waals surface area contributed by atoms with Crippen LogP contribution in [0.4, 0.5) is 0 Å². The highest BCUT2D eigenvalue weighted by Gasteiger charge is 2.29. The molecule has 2 aromatic rings. The minimum Gasteiger partial charge on any atom is -0.352 e. The Morgan fingerprint density at radius 3 is 2.36 bits per heavy atom. The molecule has 3 heteroatoms. The van der Waals surface area contributed by atoms with Crippen LogP contribution in [0.25, 0.3) is 0 Å². The van der Waals surface area contributed by atoms with E-state index in [4.69, 9.17) is 0 Å². The van der Waals surface area contributed by atoms with Crippen molar-refractivity contribution in [2.45, 2.75) is 26.7 Å². The van der Waals surface area contributed by atoms with Crippen LogP contribution in [0.2, 0.25) is 0 Å². The van der Waals surface area contributed by atoms with E-state index in [-0.39, 0.29) is 30.1 Å². The van der Waals surface area contributed by atoms with Gasteiger partial charge >= 0.3 is 0 Å². The van der Waals surface area contributed by atoms with Crippen molar-refractivity contribution in [2.24, 2.45) is 5.92 Å². The monoisotopic (exact) mass is 335 g/mol. The predicted molar refractivity (Wildman–Crippen MR) is 102 cm³/mol. The normalized spacial score (nSPS) is 12.9. The van der Waals surface area contributed by atoms with Crippen LogP contribution in [-0.4, -0.2) is 18.2 Å². The van der Waals surface area contributed by atoms with Crippen molar-refractivity contribution in [3.05, 3.63) is 83.4 Å². The fourth-order valence-corrected chi connectivity index (χ4v) is 3.24. The fraction of sp³-hybridized carbons (Fsp3) is 0.273. The van der Waals surface area contributed by atoms with Gasteiger partial charge in [-0.15, -0.1) is 0 Å². The third-order valence-electron chi connectivity index (χ3n) is 4.53. The smallest absolute Gasteiger partial charge is 0.243 e. The van der Waals surface area contributed by atoms with Gasteiger partial charge in [0, 0.05) is 18.4 Å². The van der Waals surface area contributed by atoms with Crippen molar-refractivity contribution in [1.29, 1.82) is 0 Å². The molecule has 1 amide bonds. The summed E-state index contributed by atoms with van der Waals surface area (Å²) in [6.07, 6.45) is 1.23. The van der Waals surface area contributed by atoms with E-state index >= 15 is 0 Å². The van der Waals surface area contributed by atoms with E-state index in [1.807, 2.05) is 30.3 Å². The molecule has 130 valence electrons. The summed E-state index contributed by atoms with van der Waals surface area (Å²) in [5, 5.41) is 2.79. The Morgan fingerprint density at radius 1 is 1.12 bits per heavy atom. The van der Waals surface area contributed by atoms with E-state index < -0.39 is 0 Å². The number of benzene rings is 2. The quantitative estimate of drug-likeness (QED) is 0.779. The Bertz CT molecular complexity index is 765. The Hall–Kier alpha value is -2.68. The SMILES string of the molecule is C=CC(=O)NCC(C(C)=O)C(c1ccccc1)c1ccc(C)cc1C. The van der Waals surface area contributed by atoms with Gasteiger partial charge in [-0.3, -0.25) is 9.59 Å². The lowest BCUT2D eigenvalue weighted by atomic mass is 9.77. The van der Waals surface area contributed by atoms with Crippen LogP contribution in [0.15, 0.2) is 61.2 Å². The zero-order valence-corrected chi connectivity index (χ0v) is 15.1. The van der Waals surface area contributed by atoms with Gasteiger partial charge in [-0.05, 0) is 43.5 Å². The average molecular weight is 335 g/mol. The van der Waals surface area contributed by atoms with Gasteiger partial charge in [0.25, 0.3) is 0 Å². The zero-order valence-electron chi connectivity index (χ0n) is 15.1. The maximum atomic E-state index is 12.4. The van der Waals surface area contributed by atoms with Crippen molar-refractivity contribution >= 4 is 11.7 Å². The van der Waals surface area contributed by atoms with Gasteiger partial charge in [-0.25, -0.2) is 0 Å². The van der Waals surface area contributed by atoms with Gasteiger partial charge < -0.3 is 5.32 Å². The Morgan fingerprint density at radius 2 is 1.80 bits per heavy atom. The molecule has 25 heavy (non-hydrogen) atoms. The first-order valence-corrected chi connectivity index (χ1v) is 8.47. The lowest BCUT2D eigenvalue weighted by Crippen LogP contribution is -2.35. The molecule has 0 aliphatic carbocycles. The summed E-state index contributed by atoms with van der Waals surface area (Å²) in [6, 6.07) is 16.3. The highest BCUT2D eigenvalue weighted by Crippen LogP contribution is 2.34. The first-order chi connectivity index (χ1) is 11.9. The van der Waals surface area contributed by atoms with E-state index in [9.17, 15) is 9.59 Å². The molecule has 2 unspecified atom stereocenters. The molecule has 2 atom stereocenters. The van der Waals surface area contributed by atoms with Crippen molar-refractivity contribution in [3.63, 3.8) is 0 Å². The summed E-state index contributed by atoms with van der Waals surface area (Å²) in [5.41, 5.74) is 4.52. The fourth-order valence-electron chi connectivity index (χ4n) is 3.24. The van der Waals surface area contributed by atoms with Crippen LogP contribution in [0, 0.1) is 19.8 Å². The van der Waals surface area contributed by atoms with Gasteiger partial charge in [0.2, 0.25) is 5.91 Å². The second-order valence-electron chi connectivity index (χ2n) is 6.41. The Kier molecular flexibility index (Phi) is 6.29. The lowest BCUT2D eigenvalue weighted by Gasteiger charge is -2.28. The summed E-state index contributed by atoms with van der Waals surface area (Å²) in [6.45, 7) is 9.47. The average Bonchev–Trinajstić information content (AvgIpc) is 2.59. The number of Topliss-reactive ketones (excluding diaryl/α,β-unsaturated/α-hetero) is 1. The molecule has 0 aliphatic rings. The van der Waals surface area contributed by atoms with Crippen LogP contribution in [0.5, 0.6) is 0 Å². The summed E-state index contributed by atoms with van der Waals surface area (Å²) < 4.78 is 0. The van der Waals surface area contributed by atoms with Crippen LogP contribution < -0.4 is 5.32 Å². The number of carbonyl (C=O) groups is 2. The summed E-state index contributed by atoms with van der Waals surface area (Å²) in [5.74, 6) is -0.658. The molecule has 0 aliphatic heterocycles. The van der Waals surface area contributed by atoms with Crippen molar-refractivity contribution < 1.29 is 9.59 Å². The molecule has 0 heterocycles. The lowest BCUT2D eigenvalue weighted by molar-refractivity contribution is -0.121. The number of rotatable bonds is 7. The van der Waals surface area contributed by atoms with E-state index in [1.165, 1.54) is 11.6 Å². The number of carbonyl (C=O) groups excluding carboxylic acids is 2. The molecule has 0 radical (unpaired) electrons. The van der Waals surface area contributed by atoms with E-state index in [2.05, 4.69) is 43.9 Å². The molecule has 0 saturated carbocycles. The zero-order chi connectivity index (χ0) is 18.4. The van der Waals surface area contributed by atoms with Gasteiger partial charge in [0.1, 0.15) is 5.78 Å². The maximum absolute atomic E-state index is 12.4. The molecule has 0 bridgehead atoms. The van der Waals surface area contributed by atoms with Crippen molar-refractivity contribution in [2.75, 3.05) is 6.54 Å². The van der Waals surface area contributed by atoms with Gasteiger partial charge in [0.05, 0.1) is 0 Å². The number of hydrogen-bond donors (Lipinski definition) is 1. The van der Waals surface area contributed by atoms with Crippen LogP contribution in [0.1, 0.15) is 35.1 Å². The third-order valence-corrected chi connectivity index (χ3v) is 4.53. The predicted octanol–water partition coefficient (Wildman–Crippen LogP) is 3.94. The highest BCUT2D eigenvalue weighted by molar-refractivity contribution is 5.88. The summed E-state index contributed by atoms with van der Waals surface area (Å²) in [4.78, 5) is 24.0. The molecule has 0 spiro atoms. The minimum atomic E-state index is -0.340. The first kappa shape index (κ1) is 18.7. The molecular weight excluding hydrogens is 310 g/mol. The molecule has 0 saturated heterocycles. The van der Waals surface area contributed by atoms with Crippen molar-refractivity contribution in [1.82, 2.24) is 5.32 Å². The Labute approximate surface area is 149 Å². The second-order valence-corrected chi connectivity index (χ2v) is 6.41. The van der Waals surface area contributed by atoms with Gasteiger partial charge in [-0.2, -0.15) is 0 Å². The van der Waals surface area contributed by atoms with Crippen LogP contribution in [-0.2, 0) is 9.59 Å². The van der Waals surface area contributed by atoms with Gasteiger partial charge in [0.15, 0.2) is 0 Å². The number of nitrogens with one attached hydrogen (secondary N) is 1. The van der Waals surface area contributed by atoms with Crippen molar-refractivity contribution in [3.8, 4) is 0 Å². The molecule has 0 aromatic heterocycles. The third kappa shape index (κ3) is 4.66. The molecular formula is C22H25NO2. The molecule has 1 N–H and O–H groups in total. The number of aryl methyl sites for hydroxylation is 2. The second kappa shape index (κ2) is 8.43. The molecule has 0 fully saturated rings. The van der Waals surface area contributed by atoms with E-state index in [0.29, 0.717) is 0 Å². The molecule has 3 nitrogen and oxygen atoms in total. The summed E-state index contributed by atoms with van der Waals surface area (Å²) >= 11 is 0. The minimum absolute atomic E-state index is 0.0539. The number of amides is 1. The first-order valence-electron chi connectivity index (χ1n) is 8.47. The molecule has 2 aromatic carbocycles. The largest absolute Gasteiger partial charge is 0.352 e. The number of ketones is 1. The van der Waals surface area contributed by atoms with Crippen LogP contribution >= 0.6 is 0 Å². The Balaban J connectivity index is 2.50. The van der Waals surface area contributed by atoms with E-state index in [1.54, 1.807) is 6.92 Å². The van der Waals surface area contributed by atoms with Crippen LogP contribution in [0.3, 0.4) is 0 Å². The number of hydrogen-bond acceptors (Lipinski definition) is 2. The van der Waals surface area contributed by atoms with Gasteiger partial charge in [-0.1, -0.05) is 60.7 Å². The maximum Gasteiger partial charge on any atom is 0.243 e.